The summed E-state index contributed by atoms with van der Waals surface area (Å²) >= 11 is 0. The Morgan fingerprint density at radius 2 is 1.24 bits per heavy atom. The Balaban J connectivity index is 4.19. The van der Waals surface area contributed by atoms with Gasteiger partial charge in [0.15, 0.2) is 33.3 Å². The standard InChI is InChI=1S/C16H45NO5Si7/c1-15(2)16(18)17-12-27(6,7)21-25-22-29(10,11)14-24-20-28(8,9)13-23-19-26(3,4)5/h1,12-14,23-25H2,2-11H3,(H,17,18). The van der Waals surface area contributed by atoms with Gasteiger partial charge in [-0.2, -0.15) is 0 Å². The zero-order valence-corrected chi connectivity index (χ0v) is 28.7. The molecule has 6 nitrogen and oxygen atoms in total. The van der Waals surface area contributed by atoms with Gasteiger partial charge in [0.1, 0.15) is 19.5 Å². The van der Waals surface area contributed by atoms with Gasteiger partial charge < -0.3 is 21.8 Å². The quantitative estimate of drug-likeness (QED) is 0.260. The first kappa shape index (κ1) is 29.6. The Labute approximate surface area is 190 Å². The zero-order valence-electron chi connectivity index (χ0n) is 20.5. The Hall–Kier alpha value is 0.568. The first-order valence-electron chi connectivity index (χ1n) is 10.4. The van der Waals surface area contributed by atoms with E-state index in [0.717, 1.165) is 5.67 Å². The Morgan fingerprint density at radius 1 is 0.793 bits per heavy atom. The van der Waals surface area contributed by atoms with Crippen LogP contribution in [0.15, 0.2) is 12.2 Å². The van der Waals surface area contributed by atoms with Crippen molar-refractivity contribution in [3.05, 3.63) is 12.2 Å². The largest absolute Gasteiger partial charge is 0.461 e. The number of carbonyl (C=O) groups excluding carboxylic acids is 1. The monoisotopic (exact) mass is 527 g/mol. The van der Waals surface area contributed by atoms with Crippen LogP contribution in [0.25, 0.3) is 0 Å². The summed E-state index contributed by atoms with van der Waals surface area (Å²) in [5.74, 6) is -0.0975. The van der Waals surface area contributed by atoms with Gasteiger partial charge in [-0.3, -0.25) is 4.79 Å². The third kappa shape index (κ3) is 16.9. The highest BCUT2D eigenvalue weighted by atomic mass is 28.4. The molecule has 0 aliphatic rings. The molecule has 0 aromatic carbocycles. The van der Waals surface area contributed by atoms with E-state index in [1.807, 2.05) is 0 Å². The van der Waals surface area contributed by atoms with Crippen molar-refractivity contribution in [3.8, 4) is 0 Å². The van der Waals surface area contributed by atoms with Crippen LogP contribution in [0.3, 0.4) is 0 Å². The van der Waals surface area contributed by atoms with E-state index in [1.165, 1.54) is 5.67 Å². The normalized spacial score (nSPS) is 14.7. The maximum atomic E-state index is 11.7. The van der Waals surface area contributed by atoms with E-state index in [4.69, 9.17) is 16.5 Å². The van der Waals surface area contributed by atoms with Crippen LogP contribution in [0, 0.1) is 0 Å². The third-order valence-electron chi connectivity index (χ3n) is 4.40. The van der Waals surface area contributed by atoms with Crippen molar-refractivity contribution in [1.29, 1.82) is 0 Å². The SMILES string of the molecule is C=C(C)C(=O)NC[Si](C)(C)O[SiH2]O[Si](C)(C)C[SiH2]O[Si](C)(C)C[SiH2]O[Si](C)(C)C. The summed E-state index contributed by atoms with van der Waals surface area (Å²) in [6.07, 6.45) is 0.595. The van der Waals surface area contributed by atoms with Gasteiger partial charge in [-0.25, -0.2) is 0 Å². The van der Waals surface area contributed by atoms with Gasteiger partial charge in [0.25, 0.3) is 10.0 Å². The average Bonchev–Trinajstić information content (AvgIpc) is 2.50. The smallest absolute Gasteiger partial charge is 0.283 e. The van der Waals surface area contributed by atoms with Crippen LogP contribution >= 0.6 is 0 Å². The molecule has 0 aliphatic carbocycles. The lowest BCUT2D eigenvalue weighted by atomic mass is 10.3. The predicted molar refractivity (Wildman–Crippen MR) is 143 cm³/mol. The minimum atomic E-state index is -1.94. The van der Waals surface area contributed by atoms with E-state index in [0.29, 0.717) is 11.7 Å². The Kier molecular flexibility index (Phi) is 12.8. The Bertz CT molecular complexity index is 538. The highest BCUT2D eigenvalue weighted by Gasteiger charge is 2.29. The molecule has 1 N–H and O–H groups in total. The van der Waals surface area contributed by atoms with Crippen LogP contribution in [-0.4, -0.2) is 74.9 Å². The van der Waals surface area contributed by atoms with Crippen molar-refractivity contribution >= 4 is 68.7 Å². The lowest BCUT2D eigenvalue weighted by molar-refractivity contribution is -0.117. The molecule has 0 bridgehead atoms. The number of hydrogen-bond acceptors (Lipinski definition) is 5. The zero-order chi connectivity index (χ0) is 22.9. The molecule has 29 heavy (non-hydrogen) atoms. The summed E-state index contributed by atoms with van der Waals surface area (Å²) in [5.41, 5.74) is 2.87. The number of nitrogens with one attached hydrogen (secondary N) is 1. The summed E-state index contributed by atoms with van der Waals surface area (Å²) in [6, 6.07) is 0. The van der Waals surface area contributed by atoms with Gasteiger partial charge in [-0.15, -0.1) is 0 Å². The number of hydrogen-bond donors (Lipinski definition) is 1. The highest BCUT2D eigenvalue weighted by Crippen LogP contribution is 2.16. The molecule has 13 heteroatoms. The van der Waals surface area contributed by atoms with Crippen molar-refractivity contribution in [1.82, 2.24) is 5.32 Å². The van der Waals surface area contributed by atoms with Gasteiger partial charge in [0.05, 0.1) is 0 Å². The fourth-order valence-corrected chi connectivity index (χ4v) is 21.5. The molecule has 0 saturated heterocycles. The molecule has 0 aromatic heterocycles. The van der Waals surface area contributed by atoms with Crippen LogP contribution in [0.5, 0.6) is 0 Å². The molecule has 0 rings (SSSR count). The van der Waals surface area contributed by atoms with Crippen LogP contribution in [-0.2, 0) is 21.3 Å². The van der Waals surface area contributed by atoms with Crippen LogP contribution in [0.4, 0.5) is 0 Å². The predicted octanol–water partition coefficient (Wildman–Crippen LogP) is 1.82. The molecule has 0 heterocycles. The summed E-state index contributed by atoms with van der Waals surface area (Å²) in [4.78, 5) is 11.7. The van der Waals surface area contributed by atoms with E-state index >= 15 is 0 Å². The summed E-state index contributed by atoms with van der Waals surface area (Å²) in [7, 11) is -8.65. The molecule has 172 valence electrons. The van der Waals surface area contributed by atoms with E-state index in [9.17, 15) is 4.79 Å². The molecule has 0 saturated carbocycles. The van der Waals surface area contributed by atoms with Crippen molar-refractivity contribution < 1.29 is 21.3 Å². The maximum Gasteiger partial charge on any atom is 0.283 e. The molecular formula is C16H45NO5Si7. The summed E-state index contributed by atoms with van der Waals surface area (Å²) < 4.78 is 25.0. The highest BCUT2D eigenvalue weighted by molar-refractivity contribution is 6.86. The van der Waals surface area contributed by atoms with E-state index in [1.54, 1.807) is 6.92 Å². The first-order chi connectivity index (χ1) is 12.9. The average molecular weight is 528 g/mol. The summed E-state index contributed by atoms with van der Waals surface area (Å²) in [6.45, 7) is 25.6. The Morgan fingerprint density at radius 3 is 1.72 bits per heavy atom. The minimum Gasteiger partial charge on any atom is -0.461 e. The lowest BCUT2D eigenvalue weighted by Gasteiger charge is -2.30. The van der Waals surface area contributed by atoms with Gasteiger partial charge in [-0.05, 0) is 77.2 Å². The number of rotatable bonds is 15. The summed E-state index contributed by atoms with van der Waals surface area (Å²) in [5, 5.41) is 2.91. The molecule has 0 aliphatic heterocycles. The molecule has 0 atom stereocenters. The van der Waals surface area contributed by atoms with Crippen molar-refractivity contribution in [2.45, 2.75) is 77.2 Å². The van der Waals surface area contributed by atoms with Gasteiger partial charge >= 0.3 is 0 Å². The lowest BCUT2D eigenvalue weighted by Crippen LogP contribution is -2.48. The second-order valence-corrected chi connectivity index (χ2v) is 35.3. The number of carbonyl (C=O) groups is 1. The second kappa shape index (κ2) is 12.6. The van der Waals surface area contributed by atoms with Gasteiger partial charge in [0.2, 0.25) is 5.91 Å². The third-order valence-corrected chi connectivity index (χ3v) is 32.1. The fourth-order valence-electron chi connectivity index (χ4n) is 2.16. The van der Waals surface area contributed by atoms with E-state index in [2.05, 4.69) is 70.8 Å². The van der Waals surface area contributed by atoms with Gasteiger partial charge in [-0.1, -0.05) is 6.58 Å². The molecule has 0 unspecified atom stereocenters. The first-order valence-corrected chi connectivity index (χ1v) is 27.5. The van der Waals surface area contributed by atoms with Crippen molar-refractivity contribution in [3.63, 3.8) is 0 Å². The van der Waals surface area contributed by atoms with Crippen molar-refractivity contribution in [2.75, 3.05) is 6.17 Å². The fraction of sp³-hybridized carbons (Fsp3) is 0.812. The number of amides is 1. The van der Waals surface area contributed by atoms with Crippen LogP contribution in [0.1, 0.15) is 6.92 Å². The van der Waals surface area contributed by atoms with Crippen LogP contribution in [0.2, 0.25) is 70.3 Å². The molecule has 0 radical (unpaired) electrons. The second-order valence-electron chi connectivity index (χ2n) is 10.5. The topological polar surface area (TPSA) is 66.0 Å². The molecule has 0 aromatic rings. The van der Waals surface area contributed by atoms with Crippen LogP contribution < -0.4 is 5.32 Å². The molecular weight excluding hydrogens is 483 g/mol. The molecule has 0 fully saturated rings. The van der Waals surface area contributed by atoms with E-state index < -0.39 is 62.8 Å². The maximum absolute atomic E-state index is 11.7. The molecule has 1 amide bonds. The van der Waals surface area contributed by atoms with Gasteiger partial charge in [0, 0.05) is 11.7 Å². The molecule has 0 spiro atoms. The van der Waals surface area contributed by atoms with E-state index in [-0.39, 0.29) is 5.91 Å². The van der Waals surface area contributed by atoms with Crippen molar-refractivity contribution in [2.24, 2.45) is 0 Å². The minimum absolute atomic E-state index is 0.0975.